The highest BCUT2D eigenvalue weighted by Gasteiger charge is 2.15. The first-order chi connectivity index (χ1) is 7.72. The molecule has 0 aliphatic rings. The molecule has 1 unspecified atom stereocenters. The quantitative estimate of drug-likeness (QED) is 0.881. The van der Waals surface area contributed by atoms with Gasteiger partial charge in [-0.15, -0.1) is 0 Å². The van der Waals surface area contributed by atoms with Crippen molar-refractivity contribution in [3.05, 3.63) is 55.6 Å². The molecule has 16 heavy (non-hydrogen) atoms. The average Bonchev–Trinajstić information content (AvgIpc) is 2.75. The fourth-order valence-electron chi connectivity index (χ4n) is 1.68. The van der Waals surface area contributed by atoms with Gasteiger partial charge in [-0.2, -0.15) is 11.3 Å². The van der Waals surface area contributed by atoms with Gasteiger partial charge in [-0.1, -0.05) is 33.6 Å². The Morgan fingerprint density at radius 2 is 2.19 bits per heavy atom. The number of hydrogen-bond donors (Lipinski definition) is 1. The van der Waals surface area contributed by atoms with Crippen LogP contribution in [0.15, 0.2) is 39.5 Å². The molecule has 1 heterocycles. The summed E-state index contributed by atoms with van der Waals surface area (Å²) in [6, 6.07) is 8.26. The van der Waals surface area contributed by atoms with Crippen LogP contribution in [0.4, 0.5) is 0 Å². The summed E-state index contributed by atoms with van der Waals surface area (Å²) in [7, 11) is 1.95. The zero-order valence-corrected chi connectivity index (χ0v) is 11.9. The molecule has 2 aromatic rings. The van der Waals surface area contributed by atoms with Gasteiger partial charge in [0.05, 0.1) is 6.04 Å². The molecule has 84 valence electrons. The number of halogens is 2. The van der Waals surface area contributed by atoms with Crippen LogP contribution in [0.3, 0.4) is 0 Å². The summed E-state index contributed by atoms with van der Waals surface area (Å²) in [6.07, 6.45) is 0. The predicted molar refractivity (Wildman–Crippen MR) is 74.4 cm³/mol. The molecule has 1 aromatic heterocycles. The Bertz CT molecular complexity index is 470. The Morgan fingerprint density at radius 3 is 2.75 bits per heavy atom. The second-order valence-electron chi connectivity index (χ2n) is 3.44. The van der Waals surface area contributed by atoms with Gasteiger partial charge in [0.15, 0.2) is 0 Å². The van der Waals surface area contributed by atoms with E-state index in [2.05, 4.69) is 38.1 Å². The van der Waals surface area contributed by atoms with Crippen LogP contribution in [0.1, 0.15) is 17.2 Å². The second kappa shape index (κ2) is 5.32. The Hall–Kier alpha value is -0.350. The van der Waals surface area contributed by atoms with Gasteiger partial charge < -0.3 is 5.32 Å². The standard InChI is InChI=1S/C12H11BrClNS/c1-15-12(8-4-5-16-7-8)10-3-2-9(13)6-11(10)14/h2-7,12,15H,1H3. The van der Waals surface area contributed by atoms with E-state index in [-0.39, 0.29) is 6.04 Å². The minimum atomic E-state index is 0.159. The molecule has 0 aliphatic carbocycles. The van der Waals surface area contributed by atoms with E-state index in [1.807, 2.05) is 25.2 Å². The van der Waals surface area contributed by atoms with Gasteiger partial charge >= 0.3 is 0 Å². The first-order valence-electron chi connectivity index (χ1n) is 4.86. The van der Waals surface area contributed by atoms with Gasteiger partial charge in [0.25, 0.3) is 0 Å². The van der Waals surface area contributed by atoms with Crippen LogP contribution in [0.2, 0.25) is 5.02 Å². The van der Waals surface area contributed by atoms with Crippen molar-refractivity contribution in [2.24, 2.45) is 0 Å². The van der Waals surface area contributed by atoms with Crippen LogP contribution in [0.5, 0.6) is 0 Å². The van der Waals surface area contributed by atoms with E-state index in [4.69, 9.17) is 11.6 Å². The molecule has 0 bridgehead atoms. The maximum absolute atomic E-state index is 6.25. The van der Waals surface area contributed by atoms with Crippen molar-refractivity contribution in [2.45, 2.75) is 6.04 Å². The van der Waals surface area contributed by atoms with E-state index in [0.717, 1.165) is 15.1 Å². The van der Waals surface area contributed by atoms with Crippen molar-refractivity contribution in [3.63, 3.8) is 0 Å². The van der Waals surface area contributed by atoms with Gasteiger partial charge in [0.1, 0.15) is 0 Å². The van der Waals surface area contributed by atoms with Crippen LogP contribution < -0.4 is 5.32 Å². The van der Waals surface area contributed by atoms with E-state index in [1.165, 1.54) is 5.56 Å². The smallest absolute Gasteiger partial charge is 0.0597 e. The summed E-state index contributed by atoms with van der Waals surface area (Å²) in [4.78, 5) is 0. The molecule has 1 atom stereocenters. The lowest BCUT2D eigenvalue weighted by molar-refractivity contribution is 0.694. The lowest BCUT2D eigenvalue weighted by atomic mass is 10.0. The molecule has 0 amide bonds. The summed E-state index contributed by atoms with van der Waals surface area (Å²) in [5, 5.41) is 8.28. The Morgan fingerprint density at radius 1 is 1.38 bits per heavy atom. The maximum atomic E-state index is 6.25. The average molecular weight is 317 g/mol. The third-order valence-corrected chi connectivity index (χ3v) is 3.96. The molecule has 2 rings (SSSR count). The number of nitrogens with one attached hydrogen (secondary N) is 1. The largest absolute Gasteiger partial charge is 0.309 e. The molecular weight excluding hydrogens is 306 g/mol. The summed E-state index contributed by atoms with van der Waals surface area (Å²) >= 11 is 11.4. The molecule has 4 heteroatoms. The minimum Gasteiger partial charge on any atom is -0.309 e. The molecule has 0 fully saturated rings. The van der Waals surface area contributed by atoms with Gasteiger partial charge in [0, 0.05) is 9.50 Å². The number of hydrogen-bond acceptors (Lipinski definition) is 2. The molecule has 1 nitrogen and oxygen atoms in total. The predicted octanol–water partition coefficient (Wildman–Crippen LogP) is 4.47. The minimum absolute atomic E-state index is 0.159. The summed E-state index contributed by atoms with van der Waals surface area (Å²) < 4.78 is 1.00. The van der Waals surface area contributed by atoms with Crippen molar-refractivity contribution in [1.29, 1.82) is 0 Å². The fourth-order valence-corrected chi connectivity index (χ4v) is 3.15. The van der Waals surface area contributed by atoms with Crippen molar-refractivity contribution in [2.75, 3.05) is 7.05 Å². The third-order valence-electron chi connectivity index (χ3n) is 2.44. The first kappa shape index (κ1) is 12.1. The van der Waals surface area contributed by atoms with Crippen LogP contribution in [-0.2, 0) is 0 Å². The molecular formula is C12H11BrClNS. The maximum Gasteiger partial charge on any atom is 0.0597 e. The van der Waals surface area contributed by atoms with E-state index in [9.17, 15) is 0 Å². The first-order valence-corrected chi connectivity index (χ1v) is 6.98. The fraction of sp³-hybridized carbons (Fsp3) is 0.167. The third kappa shape index (κ3) is 2.48. The summed E-state index contributed by atoms with van der Waals surface area (Å²) in [5.74, 6) is 0. The van der Waals surface area contributed by atoms with Crippen LogP contribution in [0, 0.1) is 0 Å². The van der Waals surface area contributed by atoms with Gasteiger partial charge in [-0.05, 0) is 47.1 Å². The Labute approximate surface area is 113 Å². The van der Waals surface area contributed by atoms with Crippen molar-refractivity contribution in [1.82, 2.24) is 5.32 Å². The van der Waals surface area contributed by atoms with Crippen LogP contribution in [-0.4, -0.2) is 7.05 Å². The molecule has 0 saturated heterocycles. The highest BCUT2D eigenvalue weighted by atomic mass is 79.9. The summed E-state index contributed by atoms with van der Waals surface area (Å²) in [6.45, 7) is 0. The highest BCUT2D eigenvalue weighted by Crippen LogP contribution is 2.31. The summed E-state index contributed by atoms with van der Waals surface area (Å²) in [5.41, 5.74) is 2.35. The Kier molecular flexibility index (Phi) is 4.03. The topological polar surface area (TPSA) is 12.0 Å². The van der Waals surface area contributed by atoms with Gasteiger partial charge in [0.2, 0.25) is 0 Å². The molecule has 0 saturated carbocycles. The second-order valence-corrected chi connectivity index (χ2v) is 5.55. The van der Waals surface area contributed by atoms with Crippen molar-refractivity contribution < 1.29 is 0 Å². The SMILES string of the molecule is CNC(c1ccsc1)c1ccc(Br)cc1Cl. The van der Waals surface area contributed by atoms with Crippen molar-refractivity contribution >= 4 is 38.9 Å². The van der Waals surface area contributed by atoms with Crippen LogP contribution in [0.25, 0.3) is 0 Å². The lowest BCUT2D eigenvalue weighted by Gasteiger charge is -2.17. The van der Waals surface area contributed by atoms with Crippen molar-refractivity contribution in [3.8, 4) is 0 Å². The molecule has 0 spiro atoms. The molecule has 0 radical (unpaired) electrons. The van der Waals surface area contributed by atoms with E-state index in [0.29, 0.717) is 0 Å². The van der Waals surface area contributed by atoms with Gasteiger partial charge in [-0.3, -0.25) is 0 Å². The number of rotatable bonds is 3. The van der Waals surface area contributed by atoms with E-state index >= 15 is 0 Å². The zero-order valence-electron chi connectivity index (χ0n) is 8.71. The highest BCUT2D eigenvalue weighted by molar-refractivity contribution is 9.10. The molecule has 1 aromatic carbocycles. The number of thiophene rings is 1. The lowest BCUT2D eigenvalue weighted by Crippen LogP contribution is -2.17. The Balaban J connectivity index is 2.41. The molecule has 1 N–H and O–H groups in total. The van der Waals surface area contributed by atoms with E-state index < -0.39 is 0 Å². The zero-order chi connectivity index (χ0) is 11.5. The van der Waals surface area contributed by atoms with E-state index in [1.54, 1.807) is 11.3 Å². The van der Waals surface area contributed by atoms with Gasteiger partial charge in [-0.25, -0.2) is 0 Å². The monoisotopic (exact) mass is 315 g/mol. The van der Waals surface area contributed by atoms with Crippen LogP contribution >= 0.6 is 38.9 Å². The number of benzene rings is 1. The normalized spacial score (nSPS) is 12.7. The molecule has 0 aliphatic heterocycles.